The number of rotatable bonds is 2. The zero-order chi connectivity index (χ0) is 28.5. The van der Waals surface area contributed by atoms with E-state index in [1.54, 1.807) is 0 Å². The highest BCUT2D eigenvalue weighted by molar-refractivity contribution is 6.08. The summed E-state index contributed by atoms with van der Waals surface area (Å²) in [5.74, 6) is 0. The van der Waals surface area contributed by atoms with Gasteiger partial charge in [-0.1, -0.05) is 24.3 Å². The van der Waals surface area contributed by atoms with Gasteiger partial charge in [-0.15, -0.1) is 13.2 Å². The lowest BCUT2D eigenvalue weighted by atomic mass is 10.2. The van der Waals surface area contributed by atoms with Gasteiger partial charge < -0.3 is 21.3 Å². The van der Waals surface area contributed by atoms with Gasteiger partial charge in [0, 0.05) is 39.9 Å². The molecule has 0 saturated carbocycles. The van der Waals surface area contributed by atoms with E-state index in [0.717, 1.165) is 11.4 Å². The van der Waals surface area contributed by atoms with E-state index in [9.17, 15) is 8.78 Å². The van der Waals surface area contributed by atoms with Crippen LogP contribution in [0, 0.1) is 0 Å². The average Bonchev–Trinajstić information content (AvgIpc) is 2.55. The maximum absolute atomic E-state index is 10.4. The van der Waals surface area contributed by atoms with Crippen molar-refractivity contribution >= 4 is 15.7 Å². The van der Waals surface area contributed by atoms with Gasteiger partial charge in [-0.25, -0.2) is 0 Å². The topological polar surface area (TPSA) is 53.3 Å². The Balaban J connectivity index is -0.0000000349. The first kappa shape index (κ1) is 42.5. The van der Waals surface area contributed by atoms with Gasteiger partial charge in [0.25, 0.3) is 0 Å². The standard InChI is InChI=1S/C5H11N.C4H9N.2C4H8.C2H7N.2CH2BF.CH5N/c1-5(2)6(3)4;1-4(2)5-3;2*1-4(2)3;1-3-2;2*2-1-3;1-2/h1H2,2-4H3;5H,1H2,2-3H3;2*1H2,2-3H3;3H,1-2H3;2*1H2;2H2,1H3/i;;;;;2*1T;. The number of nitrogens with zero attached hydrogens (tertiary/aromatic N) is 1. The predicted octanol–water partition coefficient (Wildman–Crippen LogP) is 4.56. The fourth-order valence-corrected chi connectivity index (χ4v) is 0. The molecule has 30 heavy (non-hydrogen) atoms. The number of nitrogens with one attached hydrogen (secondary N) is 2. The molecule has 0 aromatic carbocycles. The highest BCUT2D eigenvalue weighted by Gasteiger charge is 1.79. The van der Waals surface area contributed by atoms with E-state index in [1.807, 2.05) is 81.7 Å². The third-order valence-corrected chi connectivity index (χ3v) is 1.19. The summed E-state index contributed by atoms with van der Waals surface area (Å²) >= 11 is 0. The van der Waals surface area contributed by atoms with Crippen molar-refractivity contribution in [2.24, 2.45) is 5.73 Å². The quantitative estimate of drug-likeness (QED) is 0.439. The van der Waals surface area contributed by atoms with Crippen LogP contribution in [0.4, 0.5) is 8.78 Å². The molecule has 0 fully saturated rings. The van der Waals surface area contributed by atoms with Crippen LogP contribution in [0.25, 0.3) is 0 Å². The number of hydrogen-bond acceptors (Lipinski definition) is 4. The molecule has 0 aromatic heterocycles. The van der Waals surface area contributed by atoms with Crippen molar-refractivity contribution in [1.29, 1.82) is 0 Å². The van der Waals surface area contributed by atoms with E-state index < -0.39 is 13.1 Å². The molecule has 0 spiro atoms. The summed E-state index contributed by atoms with van der Waals surface area (Å²) in [5, 5.41) is 5.58. The van der Waals surface area contributed by atoms with Crippen LogP contribution in [0.2, 0.25) is 0 Å². The van der Waals surface area contributed by atoms with Crippen molar-refractivity contribution in [2.75, 3.05) is 55.4 Å². The van der Waals surface area contributed by atoms with Gasteiger partial charge in [0.05, 0.1) is 2.74 Å². The number of allylic oxidation sites excluding steroid dienone is 4. The van der Waals surface area contributed by atoms with Crippen LogP contribution in [-0.2, 0) is 0 Å². The minimum atomic E-state index is -1.92. The molecule has 4 radical (unpaired) electrons. The Morgan fingerprint density at radius 1 is 0.833 bits per heavy atom. The van der Waals surface area contributed by atoms with Gasteiger partial charge in [0.2, 0.25) is 0 Å². The van der Waals surface area contributed by atoms with Gasteiger partial charge in [-0.3, -0.25) is 8.78 Å². The second-order valence-electron chi connectivity index (χ2n) is 5.83. The molecule has 0 aliphatic rings. The Bertz CT molecular complexity index is 353. The molecule has 0 amide bonds. The summed E-state index contributed by atoms with van der Waals surface area (Å²) < 4.78 is 32.3. The summed E-state index contributed by atoms with van der Waals surface area (Å²) in [4.78, 5) is 1.97. The lowest BCUT2D eigenvalue weighted by Crippen LogP contribution is -2.05. The molecule has 0 heterocycles. The molecule has 180 valence electrons. The lowest BCUT2D eigenvalue weighted by molar-refractivity contribution is 0.516. The average molecular weight is 436 g/mol. The highest BCUT2D eigenvalue weighted by atomic mass is 19.1. The maximum Gasteiger partial charge on any atom is 0.111 e. The normalized spacial score (nSPS) is 9.43. The van der Waals surface area contributed by atoms with Gasteiger partial charge in [-0.05, 0) is 68.4 Å². The number of halogens is 2. The van der Waals surface area contributed by atoms with Crippen LogP contribution in [0.5, 0.6) is 0 Å². The molecule has 0 aliphatic carbocycles. The van der Waals surface area contributed by atoms with Crippen LogP contribution in [0.3, 0.4) is 0 Å². The number of nitrogens with two attached hydrogens (primary N) is 1. The SMILES string of the molecule is C=C(C)C.C=C(C)C.C=C(C)N(C)C.C=C(C)NC.CN.CNC.[3H]C([B])F.[3H]C([B])F. The van der Waals surface area contributed by atoms with Crippen molar-refractivity contribution in [3.8, 4) is 0 Å². The Hall–Kier alpha value is -1.53. The Labute approximate surface area is 194 Å². The lowest BCUT2D eigenvalue weighted by Gasteiger charge is -2.08. The second-order valence-corrected chi connectivity index (χ2v) is 5.83. The van der Waals surface area contributed by atoms with E-state index in [1.165, 1.54) is 18.2 Å². The largest absolute Gasteiger partial charge is 0.392 e. The summed E-state index contributed by atoms with van der Waals surface area (Å²) in [6, 6.07) is 0. The molecular formula is C22H52B2F2N4. The van der Waals surface area contributed by atoms with E-state index in [2.05, 4.69) is 58.4 Å². The van der Waals surface area contributed by atoms with Crippen molar-refractivity contribution < 1.29 is 11.5 Å². The first-order valence-electron chi connectivity index (χ1n) is 10.1. The van der Waals surface area contributed by atoms with Crippen molar-refractivity contribution in [3.05, 3.63) is 48.9 Å². The molecule has 0 aromatic rings. The molecule has 0 bridgehead atoms. The van der Waals surface area contributed by atoms with E-state index in [0.29, 0.717) is 0 Å². The van der Waals surface area contributed by atoms with E-state index in [-0.39, 0.29) is 0 Å². The zero-order valence-corrected chi connectivity index (χ0v) is 21.9. The zero-order valence-electron chi connectivity index (χ0n) is 23.9. The summed E-state index contributed by atoms with van der Waals surface area (Å²) in [6.45, 7) is 22.3. The van der Waals surface area contributed by atoms with Gasteiger partial charge in [0.15, 0.2) is 0 Å². The van der Waals surface area contributed by atoms with E-state index in [4.69, 9.17) is 2.74 Å². The molecule has 0 aliphatic heterocycles. The molecule has 4 N–H and O–H groups in total. The second kappa shape index (κ2) is 63.1. The highest BCUT2D eigenvalue weighted by Crippen LogP contribution is 1.86. The van der Waals surface area contributed by atoms with Crippen molar-refractivity contribution in [1.82, 2.24) is 15.5 Å². The van der Waals surface area contributed by atoms with Crippen LogP contribution >= 0.6 is 0 Å². The number of alkyl halides is 2. The Kier molecular flexibility index (Phi) is 89.4. The summed E-state index contributed by atoms with van der Waals surface area (Å²) in [6.07, 6.45) is 0. The monoisotopic (exact) mass is 436 g/mol. The molecular weight excluding hydrogens is 380 g/mol. The first-order chi connectivity index (χ1) is 14.3. The Morgan fingerprint density at radius 3 is 0.900 bits per heavy atom. The fourth-order valence-electron chi connectivity index (χ4n) is 0. The van der Waals surface area contributed by atoms with Gasteiger partial charge in [-0.2, -0.15) is 0 Å². The maximum atomic E-state index is 10.4. The van der Waals surface area contributed by atoms with Gasteiger partial charge >= 0.3 is 0 Å². The van der Waals surface area contributed by atoms with Crippen LogP contribution in [-0.4, -0.2) is 76.0 Å². The molecule has 4 nitrogen and oxygen atoms in total. The van der Waals surface area contributed by atoms with Crippen LogP contribution in [0.1, 0.15) is 44.3 Å². The summed E-state index contributed by atoms with van der Waals surface area (Å²) in [5.41, 5.74) is 8.93. The first-order valence-corrected chi connectivity index (χ1v) is 8.96. The molecule has 0 rings (SSSR count). The Morgan fingerprint density at radius 2 is 0.900 bits per heavy atom. The summed E-state index contributed by atoms with van der Waals surface area (Å²) in [7, 11) is 19.3. The van der Waals surface area contributed by atoms with Gasteiger partial charge in [0.1, 0.15) is 15.7 Å². The smallest absolute Gasteiger partial charge is 0.111 e. The third-order valence-electron chi connectivity index (χ3n) is 1.19. The molecule has 2 unspecified atom stereocenters. The molecule has 8 heteroatoms. The predicted molar refractivity (Wildman–Crippen MR) is 142 cm³/mol. The van der Waals surface area contributed by atoms with Crippen LogP contribution < -0.4 is 16.4 Å². The minimum absolute atomic E-state index is 1.00. The van der Waals surface area contributed by atoms with E-state index >= 15 is 0 Å². The molecule has 0 saturated heterocycles. The fraction of sp³-hybridized carbons (Fsp3) is 0.636. The third kappa shape index (κ3) is 859. The van der Waals surface area contributed by atoms with Crippen LogP contribution in [0.15, 0.2) is 48.9 Å². The minimum Gasteiger partial charge on any atom is -0.392 e. The van der Waals surface area contributed by atoms with Crippen molar-refractivity contribution in [2.45, 2.75) is 41.5 Å². The number of hydrogen-bond donors (Lipinski definition) is 3. The molecule has 2 atom stereocenters. The van der Waals surface area contributed by atoms with Crippen molar-refractivity contribution in [3.63, 3.8) is 0 Å².